The Labute approximate surface area is 735 Å². The molecule has 4 aliphatic carbocycles. The SMILES string of the molecule is CC(C)(C)Oc1ccc2cc(S(=O)(=O)N=C3C=C(SCC(=O)O)C(=O)c4ccccc43)ccc2c1.CCOc1cc(S(=O)(=O)N=C2C=C(SCC(=O)O)C(=O)c3cc(F)ccc32)ccc1Cl.O=C(O)CSC1=CC(=NS(=O)(=O)c2cc3ccc(F)cc3s2)c2ccccc2C1=O.O=C(O)CSC1=CC(=NS(=O)(=O)c2ccc(Br)cc2)c2ccccc2C1=O. The van der Waals surface area contributed by atoms with Gasteiger partial charge in [0.05, 0.1) is 91.8 Å². The van der Waals surface area contributed by atoms with Gasteiger partial charge < -0.3 is 29.9 Å². The van der Waals surface area contributed by atoms with E-state index in [4.69, 9.17) is 41.5 Å². The molecule has 39 heteroatoms. The van der Waals surface area contributed by atoms with Crippen molar-refractivity contribution in [3.8, 4) is 11.5 Å². The smallest absolute Gasteiger partial charge is 0.313 e. The Morgan fingerprint density at radius 1 is 0.423 bits per heavy atom. The van der Waals surface area contributed by atoms with Gasteiger partial charge in [0.1, 0.15) is 32.9 Å². The molecule has 14 rings (SSSR count). The number of halogens is 4. The van der Waals surface area contributed by atoms with Crippen molar-refractivity contribution in [2.75, 3.05) is 29.6 Å². The fourth-order valence-electron chi connectivity index (χ4n) is 11.7. The molecule has 1 heterocycles. The largest absolute Gasteiger partial charge is 0.492 e. The van der Waals surface area contributed by atoms with Crippen LogP contribution in [-0.2, 0) is 59.3 Å². The Balaban J connectivity index is 0.000000160. The van der Waals surface area contributed by atoms with Crippen LogP contribution in [0.3, 0.4) is 0 Å². The van der Waals surface area contributed by atoms with Gasteiger partial charge in [0.25, 0.3) is 40.1 Å². The number of Topliss-reactive ketones (excluding diaryl/α,β-unsaturated/α-hetero) is 4. The number of ketones is 4. The summed E-state index contributed by atoms with van der Waals surface area (Å²) in [6.07, 6.45) is 5.15. The molecule has 0 radical (unpaired) electrons. The third kappa shape index (κ3) is 23.4. The van der Waals surface area contributed by atoms with Crippen LogP contribution < -0.4 is 9.47 Å². The summed E-state index contributed by atoms with van der Waals surface area (Å²) in [6, 6.07) is 48.2. The van der Waals surface area contributed by atoms with Gasteiger partial charge in [0.2, 0.25) is 0 Å². The zero-order valence-corrected chi connectivity index (χ0v) is 73.6. The van der Waals surface area contributed by atoms with Gasteiger partial charge in [-0.15, -0.1) is 58.4 Å². The third-order valence-electron chi connectivity index (χ3n) is 16.9. The predicted octanol–water partition coefficient (Wildman–Crippen LogP) is 16.7. The molecule has 0 saturated heterocycles. The predicted molar refractivity (Wildman–Crippen MR) is 474 cm³/mol. The molecule has 0 saturated carbocycles. The van der Waals surface area contributed by atoms with Gasteiger partial charge in [-0.05, 0) is 165 Å². The summed E-state index contributed by atoms with van der Waals surface area (Å²) in [4.78, 5) is 94.3. The maximum Gasteiger partial charge on any atom is 0.313 e. The monoisotopic (exact) mass is 1920 g/mol. The highest BCUT2D eigenvalue weighted by Gasteiger charge is 2.33. The lowest BCUT2D eigenvalue weighted by Gasteiger charge is -2.21. The number of hydrogen-bond acceptors (Lipinski definition) is 23. The Morgan fingerprint density at radius 2 is 0.780 bits per heavy atom. The lowest BCUT2D eigenvalue weighted by molar-refractivity contribution is -0.134. The number of carbonyl (C=O) groups is 8. The molecule has 1 aromatic heterocycles. The minimum Gasteiger partial charge on any atom is -0.492 e. The molecule has 0 bridgehead atoms. The first-order valence-electron chi connectivity index (χ1n) is 35.6. The molecule has 0 amide bonds. The zero-order chi connectivity index (χ0) is 89.2. The van der Waals surface area contributed by atoms with Gasteiger partial charge in [-0.25, -0.2) is 8.78 Å². The zero-order valence-electron chi connectivity index (χ0n) is 63.9. The number of carboxylic acids is 4. The Hall–Kier alpha value is -11.2. The van der Waals surface area contributed by atoms with Crippen molar-refractivity contribution in [3.05, 3.63) is 304 Å². The number of nitrogens with zero attached hydrogens (tertiary/aromatic N) is 4. The van der Waals surface area contributed by atoms with E-state index < -0.39 is 87.1 Å². The lowest BCUT2D eigenvalue weighted by atomic mass is 9.94. The molecule has 10 aromatic rings. The first-order chi connectivity index (χ1) is 58.1. The van der Waals surface area contributed by atoms with Crippen LogP contribution in [0.2, 0.25) is 5.02 Å². The summed E-state index contributed by atoms with van der Waals surface area (Å²) >= 11 is 13.3. The Bertz CT molecular complexity index is 6840. The van der Waals surface area contributed by atoms with Crippen molar-refractivity contribution in [1.82, 2.24) is 0 Å². The van der Waals surface area contributed by atoms with Crippen LogP contribution in [0, 0.1) is 11.6 Å². The Morgan fingerprint density at radius 3 is 1.22 bits per heavy atom. The van der Waals surface area contributed by atoms with Crippen LogP contribution in [0.15, 0.2) is 279 Å². The number of allylic oxidation sites excluding steroid dienone is 8. The maximum absolute atomic E-state index is 13.7. The number of carbonyl (C=O) groups excluding carboxylic acids is 4. The van der Waals surface area contributed by atoms with E-state index in [1.165, 1.54) is 97.1 Å². The van der Waals surface area contributed by atoms with Crippen LogP contribution in [0.4, 0.5) is 8.78 Å². The minimum absolute atomic E-state index is 0.00418. The van der Waals surface area contributed by atoms with Gasteiger partial charge >= 0.3 is 23.9 Å². The second-order valence-corrected chi connectivity index (χ2v) is 39.9. The number of hydrogen-bond donors (Lipinski definition) is 4. The number of rotatable bonds is 23. The normalized spacial score (nSPS) is 15.2. The van der Waals surface area contributed by atoms with Crippen molar-refractivity contribution < 1.29 is 111 Å². The average molecular weight is 1920 g/mol. The van der Waals surface area contributed by atoms with Crippen molar-refractivity contribution in [3.63, 3.8) is 0 Å². The van der Waals surface area contributed by atoms with Crippen LogP contribution in [0.1, 0.15) is 91.4 Å². The number of ether oxygens (including phenoxy) is 2. The van der Waals surface area contributed by atoms with Gasteiger partial charge in [0, 0.05) is 59.7 Å². The van der Waals surface area contributed by atoms with Crippen LogP contribution in [-0.4, -0.2) is 159 Å². The molecular formula is C84H62BrClF2N4O22S9. The van der Waals surface area contributed by atoms with E-state index in [1.54, 1.807) is 110 Å². The highest BCUT2D eigenvalue weighted by molar-refractivity contribution is 9.10. The van der Waals surface area contributed by atoms with E-state index >= 15 is 0 Å². The van der Waals surface area contributed by atoms with Crippen molar-refractivity contribution in [1.29, 1.82) is 0 Å². The fourth-order valence-corrected chi connectivity index (χ4v) is 20.4. The topological polar surface area (TPSA) is 422 Å². The number of thiophene rings is 1. The molecular weight excluding hydrogens is 1860 g/mol. The first kappa shape index (κ1) is 92.5. The summed E-state index contributed by atoms with van der Waals surface area (Å²) in [5.41, 5.74) is 1.70. The van der Waals surface area contributed by atoms with E-state index in [9.17, 15) is 80.8 Å². The first-order valence-corrected chi connectivity index (χ1v) is 47.3. The quantitative estimate of drug-likeness (QED) is 0.0462. The summed E-state index contributed by atoms with van der Waals surface area (Å²) < 4.78 is 159. The second-order valence-electron chi connectivity index (χ2n) is 26.8. The number of carboxylic acid groups (broad SMARTS) is 4. The minimum atomic E-state index is -4.27. The van der Waals surface area contributed by atoms with Crippen molar-refractivity contribution in [2.24, 2.45) is 17.6 Å². The summed E-state index contributed by atoms with van der Waals surface area (Å²) in [6.45, 7) is 7.83. The molecule has 26 nitrogen and oxygen atoms in total. The highest BCUT2D eigenvalue weighted by Crippen LogP contribution is 2.38. The van der Waals surface area contributed by atoms with Crippen LogP contribution in [0.25, 0.3) is 20.9 Å². The molecule has 0 fully saturated rings. The van der Waals surface area contributed by atoms with Crippen LogP contribution in [0.5, 0.6) is 11.5 Å². The fraction of sp³-hybridized carbons (Fsp3) is 0.119. The van der Waals surface area contributed by atoms with Crippen molar-refractivity contribution >= 4 is 217 Å². The summed E-state index contributed by atoms with van der Waals surface area (Å²) in [5, 5.41) is 38.0. The molecule has 4 N–H and O–H groups in total. The Kier molecular flexibility index (Phi) is 29.4. The molecule has 0 aliphatic heterocycles. The summed E-state index contributed by atoms with van der Waals surface area (Å²) in [5.74, 6) is -7.87. The van der Waals surface area contributed by atoms with Gasteiger partial charge in [-0.2, -0.15) is 51.3 Å². The highest BCUT2D eigenvalue weighted by atomic mass is 79.9. The standard InChI is InChI=1S/C26H23NO6S2.C20H15ClFNO6S2.C20H12FNO5S3.C18H12BrNO5S2/c1-26(2,3)33-18-10-8-17-13-19(11-9-16(17)12-18)35(31,32)27-22-14-23(34-15-24(28)29)25(30)21-7-5-4-6-20(21)22;1-2-29-17-8-12(4-6-15(17)21)31(27,28)23-16-9-18(30-10-19(24)25)20(26)14-7-11(22)3-5-13(14)16;21-12-6-5-11-7-19(29-16(11)8-12)30(26,27)22-15-9-17(28-10-18(23)24)20(25)14-4-2-1-3-13(14)15;19-11-5-7-12(8-6-11)27(24,25)20-15-9-16(26-10-17(21)22)18(23)14-4-2-1-3-13(14)15/h4-14H,15H2,1-3H3,(H,28,29);3-9H,2,10H2,1H3,(H,24,25);1-9H,10H2,(H,23,24);1-9H,10H2,(H,21,22). The third-order valence-corrected chi connectivity index (χ3v) is 28.5. The van der Waals surface area contributed by atoms with E-state index in [0.29, 0.717) is 49.7 Å². The van der Waals surface area contributed by atoms with Gasteiger partial charge in [-0.1, -0.05) is 119 Å². The molecule has 632 valence electrons. The number of sulfonamides is 4. The van der Waals surface area contributed by atoms with E-state index in [0.717, 1.165) is 68.6 Å². The molecule has 9 aromatic carbocycles. The molecule has 0 spiro atoms. The number of fused-ring (bicyclic) bond motifs is 6. The van der Waals surface area contributed by atoms with E-state index in [1.807, 2.05) is 26.8 Å². The van der Waals surface area contributed by atoms with Crippen molar-refractivity contribution in [2.45, 2.75) is 52.2 Å². The lowest BCUT2D eigenvalue weighted by Crippen LogP contribution is -2.22. The average Bonchev–Trinajstić information content (AvgIpc) is 1.76. The van der Waals surface area contributed by atoms with E-state index in [2.05, 4.69) is 33.5 Å². The number of benzene rings is 9. The molecule has 4 aliphatic rings. The van der Waals surface area contributed by atoms with Gasteiger partial charge in [0.15, 0.2) is 23.1 Å². The van der Waals surface area contributed by atoms with Gasteiger partial charge in [-0.3, -0.25) is 38.4 Å². The maximum atomic E-state index is 13.7. The number of aliphatic carboxylic acids is 4. The van der Waals surface area contributed by atoms with E-state index in [-0.39, 0.29) is 147 Å². The molecule has 0 atom stereocenters. The van der Waals surface area contributed by atoms with Crippen LogP contribution >= 0.6 is 85.9 Å². The molecule has 0 unspecified atom stereocenters. The summed E-state index contributed by atoms with van der Waals surface area (Å²) in [7, 11) is -16.6. The number of thioether (sulfide) groups is 4. The molecule has 123 heavy (non-hydrogen) atoms. The second kappa shape index (κ2) is 39.1.